The van der Waals surface area contributed by atoms with Crippen LogP contribution in [0.4, 0.5) is 0 Å². The van der Waals surface area contributed by atoms with Crippen molar-refractivity contribution in [1.29, 1.82) is 0 Å². The Bertz CT molecular complexity index is 387. The van der Waals surface area contributed by atoms with E-state index in [0.717, 1.165) is 19.3 Å². The highest BCUT2D eigenvalue weighted by molar-refractivity contribution is 7.80. The number of nitrogens with two attached hydrogens (primary N) is 1. The largest absolute Gasteiger partial charge is 0.391 e. The molecule has 0 spiro atoms. The molecule has 1 saturated heterocycles. The second kappa shape index (κ2) is 5.54. The molecule has 0 aromatic rings. The number of morpholine rings is 1. The van der Waals surface area contributed by atoms with Gasteiger partial charge in [0.1, 0.15) is 18.8 Å². The van der Waals surface area contributed by atoms with Gasteiger partial charge in [-0.2, -0.15) is 0 Å². The summed E-state index contributed by atoms with van der Waals surface area (Å²) < 4.78 is 4.96. The smallest absolute Gasteiger partial charge is 0.256 e. The van der Waals surface area contributed by atoms with Crippen molar-refractivity contribution in [3.05, 3.63) is 0 Å². The van der Waals surface area contributed by atoms with Crippen molar-refractivity contribution in [3.63, 3.8) is 0 Å². The molecule has 0 radical (unpaired) electrons. The topological polar surface area (TPSA) is 72.6 Å². The fourth-order valence-electron chi connectivity index (χ4n) is 3.11. The molecule has 106 valence electrons. The lowest BCUT2D eigenvalue weighted by Crippen LogP contribution is -2.65. The van der Waals surface area contributed by atoms with Gasteiger partial charge < -0.3 is 10.5 Å². The average Bonchev–Trinajstić information content (AvgIpc) is 2.39. The molecular formula is C13H20N2O3S. The second-order valence-electron chi connectivity index (χ2n) is 5.36. The van der Waals surface area contributed by atoms with E-state index in [-0.39, 0.29) is 30.0 Å². The molecule has 1 heterocycles. The van der Waals surface area contributed by atoms with Gasteiger partial charge in [-0.25, -0.2) is 0 Å². The van der Waals surface area contributed by atoms with E-state index in [1.54, 1.807) is 0 Å². The summed E-state index contributed by atoms with van der Waals surface area (Å²) in [4.78, 5) is 25.6. The van der Waals surface area contributed by atoms with Crippen LogP contribution in [0.1, 0.15) is 39.0 Å². The number of carbonyl (C=O) groups is 2. The molecule has 2 fully saturated rings. The first-order valence-corrected chi connectivity index (χ1v) is 7.15. The van der Waals surface area contributed by atoms with Crippen molar-refractivity contribution in [2.45, 2.75) is 44.6 Å². The monoisotopic (exact) mass is 284 g/mol. The zero-order valence-corrected chi connectivity index (χ0v) is 12.0. The maximum absolute atomic E-state index is 12.0. The molecule has 1 aliphatic carbocycles. The first kappa shape index (κ1) is 14.4. The normalized spacial score (nSPS) is 32.5. The van der Waals surface area contributed by atoms with Crippen LogP contribution >= 0.6 is 12.2 Å². The molecule has 1 aliphatic heterocycles. The number of thiocarbonyl (C=S) groups is 1. The zero-order valence-electron chi connectivity index (χ0n) is 11.2. The van der Waals surface area contributed by atoms with Crippen molar-refractivity contribution in [3.8, 4) is 0 Å². The fourth-order valence-corrected chi connectivity index (χ4v) is 3.41. The molecule has 0 atom stereocenters. The van der Waals surface area contributed by atoms with Gasteiger partial charge in [0, 0.05) is 0 Å². The molecule has 2 N–H and O–H groups in total. The van der Waals surface area contributed by atoms with Gasteiger partial charge in [-0.1, -0.05) is 25.6 Å². The summed E-state index contributed by atoms with van der Waals surface area (Å²) in [6.07, 6.45) is 4.37. The number of amides is 2. The summed E-state index contributed by atoms with van der Waals surface area (Å²) in [6.45, 7) is 2.03. The summed E-state index contributed by atoms with van der Waals surface area (Å²) in [5.74, 6) is -0.00767. The Morgan fingerprint density at radius 3 is 2.32 bits per heavy atom. The molecule has 1 saturated carbocycles. The van der Waals surface area contributed by atoms with Crippen LogP contribution in [0.25, 0.3) is 0 Å². The van der Waals surface area contributed by atoms with Gasteiger partial charge in [-0.05, 0) is 31.6 Å². The van der Waals surface area contributed by atoms with Crippen molar-refractivity contribution >= 4 is 29.0 Å². The van der Waals surface area contributed by atoms with Crippen LogP contribution in [0.2, 0.25) is 0 Å². The number of imide groups is 1. The Kier molecular flexibility index (Phi) is 4.20. The van der Waals surface area contributed by atoms with Crippen LogP contribution in [-0.2, 0) is 14.3 Å². The Hall–Kier alpha value is -1.01. The summed E-state index contributed by atoms with van der Waals surface area (Å²) >= 11 is 5.18. The predicted octanol–water partition coefficient (Wildman–Crippen LogP) is 0.997. The zero-order chi connectivity index (χ0) is 14.0. The molecular weight excluding hydrogens is 264 g/mol. The number of hydrogen-bond donors (Lipinski definition) is 1. The fraction of sp³-hybridized carbons (Fsp3) is 0.769. The quantitative estimate of drug-likeness (QED) is 0.618. The minimum absolute atomic E-state index is 0.0622. The van der Waals surface area contributed by atoms with Crippen LogP contribution in [0, 0.1) is 5.92 Å². The van der Waals surface area contributed by atoms with E-state index in [0.29, 0.717) is 18.8 Å². The van der Waals surface area contributed by atoms with Crippen molar-refractivity contribution < 1.29 is 14.3 Å². The lowest BCUT2D eigenvalue weighted by molar-refractivity contribution is -0.165. The molecule has 0 aromatic carbocycles. The molecule has 0 unspecified atom stereocenters. The molecule has 19 heavy (non-hydrogen) atoms. The standard InChI is InChI=1S/C13H20N2O3S/c1-2-9-3-5-13(6-4-9,12(14)19)15-10(16)7-18-8-11(15)17/h9H,2-8H2,1H3,(H2,14,19). The highest BCUT2D eigenvalue weighted by atomic mass is 32.1. The Labute approximate surface area is 118 Å². The minimum atomic E-state index is -0.765. The SMILES string of the molecule is CCC1CCC(C(N)=S)(N2C(=O)COCC2=O)CC1. The Morgan fingerprint density at radius 1 is 1.37 bits per heavy atom. The summed E-state index contributed by atoms with van der Waals surface area (Å²) in [5, 5.41) is 0. The Morgan fingerprint density at radius 2 is 1.89 bits per heavy atom. The molecule has 6 heteroatoms. The maximum atomic E-state index is 12.0. The lowest BCUT2D eigenvalue weighted by atomic mass is 9.74. The molecule has 0 bridgehead atoms. The van der Waals surface area contributed by atoms with Crippen LogP contribution < -0.4 is 5.73 Å². The van der Waals surface area contributed by atoms with E-state index < -0.39 is 5.54 Å². The van der Waals surface area contributed by atoms with Crippen LogP contribution in [0.3, 0.4) is 0 Å². The van der Waals surface area contributed by atoms with Crippen molar-refractivity contribution in [1.82, 2.24) is 4.90 Å². The third-order valence-corrected chi connectivity index (χ3v) is 4.73. The summed E-state index contributed by atoms with van der Waals surface area (Å²) in [7, 11) is 0. The van der Waals surface area contributed by atoms with Gasteiger partial charge in [-0.15, -0.1) is 0 Å². The average molecular weight is 284 g/mol. The first-order chi connectivity index (χ1) is 9.01. The van der Waals surface area contributed by atoms with Gasteiger partial charge >= 0.3 is 0 Å². The molecule has 2 amide bonds. The summed E-state index contributed by atoms with van der Waals surface area (Å²) in [6, 6.07) is 0. The van der Waals surface area contributed by atoms with Gasteiger partial charge in [0.05, 0.1) is 4.99 Å². The number of rotatable bonds is 3. The number of ether oxygens (including phenoxy) is 1. The Balaban J connectivity index is 2.27. The van der Waals surface area contributed by atoms with E-state index in [9.17, 15) is 9.59 Å². The van der Waals surface area contributed by atoms with Crippen LogP contribution in [0.5, 0.6) is 0 Å². The first-order valence-electron chi connectivity index (χ1n) is 6.75. The van der Waals surface area contributed by atoms with E-state index in [2.05, 4.69) is 6.92 Å². The molecule has 2 aliphatic rings. The third kappa shape index (κ3) is 2.51. The number of carbonyl (C=O) groups excluding carboxylic acids is 2. The van der Waals surface area contributed by atoms with Crippen LogP contribution in [0.15, 0.2) is 0 Å². The minimum Gasteiger partial charge on any atom is -0.391 e. The van der Waals surface area contributed by atoms with Gasteiger partial charge in [0.25, 0.3) is 11.8 Å². The van der Waals surface area contributed by atoms with E-state index in [1.807, 2.05) is 0 Å². The van der Waals surface area contributed by atoms with Gasteiger partial charge in [0.15, 0.2) is 0 Å². The molecule has 5 nitrogen and oxygen atoms in total. The highest BCUT2D eigenvalue weighted by Gasteiger charge is 2.48. The van der Waals surface area contributed by atoms with Crippen LogP contribution in [-0.4, -0.2) is 40.5 Å². The van der Waals surface area contributed by atoms with Gasteiger partial charge in [-0.3, -0.25) is 14.5 Å². The van der Waals surface area contributed by atoms with Gasteiger partial charge in [0.2, 0.25) is 0 Å². The van der Waals surface area contributed by atoms with E-state index >= 15 is 0 Å². The maximum Gasteiger partial charge on any atom is 0.256 e. The lowest BCUT2D eigenvalue weighted by Gasteiger charge is -2.47. The summed E-state index contributed by atoms with van der Waals surface area (Å²) in [5.41, 5.74) is 5.12. The van der Waals surface area contributed by atoms with E-state index in [1.165, 1.54) is 4.90 Å². The van der Waals surface area contributed by atoms with Crippen molar-refractivity contribution in [2.75, 3.05) is 13.2 Å². The second-order valence-corrected chi connectivity index (χ2v) is 5.80. The predicted molar refractivity (Wildman–Crippen MR) is 74.4 cm³/mol. The number of hydrogen-bond acceptors (Lipinski definition) is 4. The number of nitrogens with zero attached hydrogens (tertiary/aromatic N) is 1. The highest BCUT2D eigenvalue weighted by Crippen LogP contribution is 2.39. The van der Waals surface area contributed by atoms with E-state index in [4.69, 9.17) is 22.7 Å². The van der Waals surface area contributed by atoms with Crippen molar-refractivity contribution in [2.24, 2.45) is 11.7 Å². The molecule has 0 aromatic heterocycles. The molecule has 2 rings (SSSR count). The third-order valence-electron chi connectivity index (χ3n) is 4.35.